The van der Waals surface area contributed by atoms with Crippen LogP contribution in [0.25, 0.3) is 0 Å². The minimum Gasteiger partial charge on any atom is -0.444 e. The van der Waals surface area contributed by atoms with Gasteiger partial charge in [-0.05, 0) is 95.3 Å². The van der Waals surface area contributed by atoms with E-state index in [0.717, 1.165) is 37.1 Å². The Morgan fingerprint density at radius 2 is 1.65 bits per heavy atom. The molecule has 5 rings (SSSR count). The van der Waals surface area contributed by atoms with Gasteiger partial charge in [0.2, 0.25) is 5.91 Å². The summed E-state index contributed by atoms with van der Waals surface area (Å²) in [4.78, 5) is 26.9. The fourth-order valence-electron chi connectivity index (χ4n) is 6.48. The van der Waals surface area contributed by atoms with Gasteiger partial charge < -0.3 is 10.1 Å². The van der Waals surface area contributed by atoms with E-state index in [4.69, 9.17) is 4.74 Å². The first kappa shape index (κ1) is 18.1. The molecule has 4 bridgehead atoms. The van der Waals surface area contributed by atoms with Crippen LogP contribution in [0.15, 0.2) is 0 Å². The van der Waals surface area contributed by atoms with Crippen LogP contribution in [0, 0.1) is 23.2 Å². The first-order chi connectivity index (χ1) is 12.2. The van der Waals surface area contributed by atoms with Crippen LogP contribution in [0.4, 0.5) is 4.79 Å². The lowest BCUT2D eigenvalue weighted by molar-refractivity contribution is -0.127. The number of hydrogen-bond acceptors (Lipinski definition) is 3. The second-order valence-corrected chi connectivity index (χ2v) is 10.5. The summed E-state index contributed by atoms with van der Waals surface area (Å²) in [7, 11) is 0. The maximum atomic E-state index is 12.9. The van der Waals surface area contributed by atoms with E-state index >= 15 is 0 Å². The van der Waals surface area contributed by atoms with Gasteiger partial charge in [0.05, 0.1) is 0 Å². The smallest absolute Gasteiger partial charge is 0.410 e. The molecular weight excluding hydrogens is 328 g/mol. The average molecular weight is 363 g/mol. The van der Waals surface area contributed by atoms with Gasteiger partial charge in [-0.2, -0.15) is 0 Å². The Morgan fingerprint density at radius 3 is 2.19 bits per heavy atom. The van der Waals surface area contributed by atoms with Gasteiger partial charge in [0.1, 0.15) is 11.6 Å². The molecule has 5 aliphatic rings. The van der Waals surface area contributed by atoms with Gasteiger partial charge in [-0.15, -0.1) is 0 Å². The van der Waals surface area contributed by atoms with Crippen LogP contribution in [0.1, 0.15) is 72.1 Å². The molecule has 0 aromatic heterocycles. The highest BCUT2D eigenvalue weighted by Gasteiger charge is 2.51. The topological polar surface area (TPSA) is 58.6 Å². The summed E-state index contributed by atoms with van der Waals surface area (Å²) >= 11 is 0. The monoisotopic (exact) mass is 362 g/mol. The van der Waals surface area contributed by atoms with Crippen LogP contribution in [0.3, 0.4) is 0 Å². The minimum absolute atomic E-state index is 0.0177. The summed E-state index contributed by atoms with van der Waals surface area (Å²) in [6.45, 7) is 7.01. The lowest BCUT2D eigenvalue weighted by Crippen LogP contribution is -2.54. The summed E-state index contributed by atoms with van der Waals surface area (Å²) in [5.74, 6) is 2.69. The van der Waals surface area contributed by atoms with Crippen LogP contribution in [-0.4, -0.2) is 41.6 Å². The molecule has 2 amide bonds. The molecule has 26 heavy (non-hydrogen) atoms. The number of rotatable bonds is 3. The molecule has 5 nitrogen and oxygen atoms in total. The van der Waals surface area contributed by atoms with Crippen LogP contribution in [0.2, 0.25) is 0 Å². The van der Waals surface area contributed by atoms with Crippen LogP contribution in [0.5, 0.6) is 0 Å². The number of hydrogen-bond donors (Lipinski definition) is 1. The molecule has 1 unspecified atom stereocenters. The predicted molar refractivity (Wildman–Crippen MR) is 99.6 cm³/mol. The van der Waals surface area contributed by atoms with E-state index in [0.29, 0.717) is 12.0 Å². The van der Waals surface area contributed by atoms with Crippen molar-refractivity contribution in [3.05, 3.63) is 0 Å². The molecule has 0 aromatic carbocycles. The maximum absolute atomic E-state index is 12.9. The van der Waals surface area contributed by atoms with Gasteiger partial charge in [-0.3, -0.25) is 9.69 Å². The standard InChI is InChI=1S/C21H34N2O3/c1-20(2,3)26-19(25)23-6-4-5-17(23)18(24)22-13-21-10-14-7-15(11-21)9-16(8-14)12-21/h14-17H,4-13H2,1-3H3,(H,22,24). The van der Waals surface area contributed by atoms with E-state index in [1.807, 2.05) is 20.8 Å². The SMILES string of the molecule is CC(C)(C)OC(=O)N1CCCC1C(=O)NCC12CC3CC(CC(C3)C1)C2. The van der Waals surface area contributed by atoms with Crippen LogP contribution < -0.4 is 5.32 Å². The van der Waals surface area contributed by atoms with Gasteiger partial charge in [-0.25, -0.2) is 4.79 Å². The number of amides is 2. The van der Waals surface area contributed by atoms with E-state index in [1.54, 1.807) is 4.90 Å². The number of carbonyl (C=O) groups is 2. The number of likely N-dealkylation sites (tertiary alicyclic amines) is 1. The van der Waals surface area contributed by atoms with Gasteiger partial charge in [-0.1, -0.05) is 0 Å². The van der Waals surface area contributed by atoms with Crippen molar-refractivity contribution in [2.75, 3.05) is 13.1 Å². The van der Waals surface area contributed by atoms with E-state index in [9.17, 15) is 9.59 Å². The summed E-state index contributed by atoms with van der Waals surface area (Å²) in [6, 6.07) is -0.362. The molecule has 1 aliphatic heterocycles. The summed E-state index contributed by atoms with van der Waals surface area (Å²) in [5.41, 5.74) is -0.195. The van der Waals surface area contributed by atoms with Crippen molar-refractivity contribution >= 4 is 12.0 Å². The zero-order chi connectivity index (χ0) is 18.5. The minimum atomic E-state index is -0.528. The van der Waals surface area contributed by atoms with Crippen LogP contribution in [-0.2, 0) is 9.53 Å². The average Bonchev–Trinajstić information content (AvgIpc) is 2.99. The summed E-state index contributed by atoms with van der Waals surface area (Å²) < 4.78 is 5.49. The van der Waals surface area contributed by atoms with Crippen molar-refractivity contribution in [3.8, 4) is 0 Å². The fraction of sp³-hybridized carbons (Fsp3) is 0.905. The third-order valence-electron chi connectivity index (χ3n) is 6.99. The zero-order valence-electron chi connectivity index (χ0n) is 16.6. The van der Waals surface area contributed by atoms with Crippen LogP contribution >= 0.6 is 0 Å². The van der Waals surface area contributed by atoms with Gasteiger partial charge >= 0.3 is 6.09 Å². The maximum Gasteiger partial charge on any atom is 0.410 e. The van der Waals surface area contributed by atoms with Gasteiger partial charge in [0, 0.05) is 13.1 Å². The molecule has 5 heteroatoms. The molecule has 1 heterocycles. The molecule has 146 valence electrons. The molecule has 0 spiro atoms. The van der Waals surface area contributed by atoms with Gasteiger partial charge in [0.15, 0.2) is 0 Å². The molecule has 4 saturated carbocycles. The van der Waals surface area contributed by atoms with Crippen molar-refractivity contribution in [2.24, 2.45) is 23.2 Å². The highest BCUT2D eigenvalue weighted by molar-refractivity contribution is 5.86. The molecule has 0 radical (unpaired) electrons. The van der Waals surface area contributed by atoms with Gasteiger partial charge in [0.25, 0.3) is 0 Å². The number of nitrogens with zero attached hydrogens (tertiary/aromatic N) is 1. The molecule has 5 fully saturated rings. The third kappa shape index (κ3) is 3.59. The van der Waals surface area contributed by atoms with Crippen molar-refractivity contribution < 1.29 is 14.3 Å². The number of ether oxygens (including phenoxy) is 1. The zero-order valence-corrected chi connectivity index (χ0v) is 16.6. The molecule has 1 atom stereocenters. The van der Waals surface area contributed by atoms with E-state index in [1.165, 1.54) is 38.5 Å². The highest BCUT2D eigenvalue weighted by Crippen LogP contribution is 2.59. The lowest BCUT2D eigenvalue weighted by Gasteiger charge is -2.57. The Labute approximate surface area is 157 Å². The normalized spacial score (nSPS) is 38.5. The van der Waals surface area contributed by atoms with Crippen molar-refractivity contribution in [1.29, 1.82) is 0 Å². The quantitative estimate of drug-likeness (QED) is 0.832. The van der Waals surface area contributed by atoms with E-state index < -0.39 is 5.60 Å². The first-order valence-corrected chi connectivity index (χ1v) is 10.5. The van der Waals surface area contributed by atoms with Crippen molar-refractivity contribution in [1.82, 2.24) is 10.2 Å². The predicted octanol–water partition coefficient (Wildman–Crippen LogP) is 3.72. The molecule has 1 saturated heterocycles. The Morgan fingerprint density at radius 1 is 1.08 bits per heavy atom. The molecule has 4 aliphatic carbocycles. The van der Waals surface area contributed by atoms with E-state index in [2.05, 4.69) is 5.32 Å². The lowest BCUT2D eigenvalue weighted by atomic mass is 9.49. The largest absolute Gasteiger partial charge is 0.444 e. The summed E-state index contributed by atoms with van der Waals surface area (Å²) in [5, 5.41) is 3.24. The second kappa shape index (κ2) is 6.42. The van der Waals surface area contributed by atoms with E-state index in [-0.39, 0.29) is 18.0 Å². The van der Waals surface area contributed by atoms with Crippen molar-refractivity contribution in [3.63, 3.8) is 0 Å². The summed E-state index contributed by atoms with van der Waals surface area (Å²) in [6.07, 6.45) is 9.39. The third-order valence-corrected chi connectivity index (χ3v) is 6.99. The fourth-order valence-corrected chi connectivity index (χ4v) is 6.48. The Bertz CT molecular complexity index is 545. The second-order valence-electron chi connectivity index (χ2n) is 10.5. The molecule has 1 N–H and O–H groups in total. The highest BCUT2D eigenvalue weighted by atomic mass is 16.6. The Kier molecular flexibility index (Phi) is 4.47. The molecule has 0 aromatic rings. The molecular formula is C21H34N2O3. The number of nitrogens with one attached hydrogen (secondary N) is 1. The Balaban J connectivity index is 1.35. The number of carbonyl (C=O) groups excluding carboxylic acids is 2. The first-order valence-electron chi connectivity index (χ1n) is 10.5. The Hall–Kier alpha value is -1.26. The van der Waals surface area contributed by atoms with Crippen molar-refractivity contribution in [2.45, 2.75) is 83.8 Å².